The van der Waals surface area contributed by atoms with Crippen LogP contribution in [0.1, 0.15) is 32.6 Å². The molecule has 0 heterocycles. The standard InChI is InChI=1S/C23H19BrO3/c1-26-21-13-22(27-14-15-5-3-2-4-6-15)20(24)12-19(21)23(25)18-10-8-16-7-9-17(16)11-18/h2-6,8,10-13H,7,9,14H2,1H3. The molecule has 0 aliphatic heterocycles. The third-order valence-electron chi connectivity index (χ3n) is 4.87. The number of methoxy groups -OCH3 is 1. The van der Waals surface area contributed by atoms with Crippen LogP contribution in [0.5, 0.6) is 11.5 Å². The Kier molecular flexibility index (Phi) is 4.99. The van der Waals surface area contributed by atoms with Gasteiger partial charge in [-0.2, -0.15) is 0 Å². The molecule has 0 aromatic heterocycles. The summed E-state index contributed by atoms with van der Waals surface area (Å²) >= 11 is 3.53. The second kappa shape index (κ2) is 7.57. The molecule has 0 spiro atoms. The lowest BCUT2D eigenvalue weighted by molar-refractivity contribution is 0.103. The van der Waals surface area contributed by atoms with Crippen LogP contribution in [-0.2, 0) is 19.4 Å². The number of hydrogen-bond donors (Lipinski definition) is 0. The zero-order valence-corrected chi connectivity index (χ0v) is 16.6. The molecule has 3 aromatic carbocycles. The van der Waals surface area contributed by atoms with E-state index in [4.69, 9.17) is 9.47 Å². The molecule has 0 saturated carbocycles. The van der Waals surface area contributed by atoms with E-state index >= 15 is 0 Å². The topological polar surface area (TPSA) is 35.5 Å². The highest BCUT2D eigenvalue weighted by molar-refractivity contribution is 9.10. The van der Waals surface area contributed by atoms with Gasteiger partial charge >= 0.3 is 0 Å². The number of carbonyl (C=O) groups is 1. The lowest BCUT2D eigenvalue weighted by Crippen LogP contribution is -2.11. The van der Waals surface area contributed by atoms with Crippen LogP contribution in [0.2, 0.25) is 0 Å². The van der Waals surface area contributed by atoms with Gasteiger partial charge in [-0.05, 0) is 57.6 Å². The number of benzene rings is 3. The maximum Gasteiger partial charge on any atom is 0.196 e. The quantitative estimate of drug-likeness (QED) is 0.501. The van der Waals surface area contributed by atoms with Gasteiger partial charge in [-0.1, -0.05) is 42.5 Å². The molecule has 0 unspecified atom stereocenters. The van der Waals surface area contributed by atoms with E-state index in [1.807, 2.05) is 48.5 Å². The van der Waals surface area contributed by atoms with Crippen LogP contribution < -0.4 is 9.47 Å². The van der Waals surface area contributed by atoms with E-state index in [0.29, 0.717) is 29.2 Å². The van der Waals surface area contributed by atoms with Crippen molar-refractivity contribution in [3.05, 3.63) is 93.0 Å². The van der Waals surface area contributed by atoms with E-state index in [1.54, 1.807) is 19.2 Å². The summed E-state index contributed by atoms with van der Waals surface area (Å²) in [6.45, 7) is 0.445. The third-order valence-corrected chi connectivity index (χ3v) is 5.49. The van der Waals surface area contributed by atoms with Crippen LogP contribution in [-0.4, -0.2) is 12.9 Å². The van der Waals surface area contributed by atoms with Gasteiger partial charge in [-0.15, -0.1) is 0 Å². The Morgan fingerprint density at radius 3 is 2.41 bits per heavy atom. The molecule has 3 aromatic rings. The number of rotatable bonds is 6. The molecule has 0 atom stereocenters. The number of ketones is 1. The van der Waals surface area contributed by atoms with Gasteiger partial charge in [0.15, 0.2) is 5.78 Å². The maximum absolute atomic E-state index is 13.0. The molecular formula is C23H19BrO3. The van der Waals surface area contributed by atoms with Gasteiger partial charge in [-0.25, -0.2) is 0 Å². The van der Waals surface area contributed by atoms with Crippen molar-refractivity contribution in [2.45, 2.75) is 19.4 Å². The molecule has 1 aliphatic carbocycles. The second-order valence-electron chi connectivity index (χ2n) is 6.57. The van der Waals surface area contributed by atoms with E-state index in [9.17, 15) is 4.79 Å². The van der Waals surface area contributed by atoms with Gasteiger partial charge in [0, 0.05) is 11.6 Å². The lowest BCUT2D eigenvalue weighted by Gasteiger charge is -2.19. The third kappa shape index (κ3) is 3.62. The van der Waals surface area contributed by atoms with Crippen LogP contribution in [0.15, 0.2) is 65.1 Å². The molecule has 0 radical (unpaired) electrons. The van der Waals surface area contributed by atoms with Crippen LogP contribution >= 0.6 is 15.9 Å². The zero-order valence-electron chi connectivity index (χ0n) is 15.0. The van der Waals surface area contributed by atoms with Crippen molar-refractivity contribution in [2.75, 3.05) is 7.11 Å². The Balaban J connectivity index is 1.60. The molecule has 0 fully saturated rings. The highest BCUT2D eigenvalue weighted by Gasteiger charge is 2.21. The van der Waals surface area contributed by atoms with E-state index in [0.717, 1.165) is 22.9 Å². The van der Waals surface area contributed by atoms with E-state index in [1.165, 1.54) is 11.1 Å². The Morgan fingerprint density at radius 2 is 1.74 bits per heavy atom. The first-order valence-corrected chi connectivity index (χ1v) is 9.66. The van der Waals surface area contributed by atoms with Gasteiger partial charge in [0.1, 0.15) is 18.1 Å². The Bertz CT molecular complexity index is 996. The van der Waals surface area contributed by atoms with Crippen molar-refractivity contribution >= 4 is 21.7 Å². The van der Waals surface area contributed by atoms with E-state index in [-0.39, 0.29) is 5.78 Å². The maximum atomic E-state index is 13.0. The lowest BCUT2D eigenvalue weighted by atomic mass is 9.86. The van der Waals surface area contributed by atoms with Crippen LogP contribution in [0, 0.1) is 0 Å². The van der Waals surface area contributed by atoms with Crippen molar-refractivity contribution < 1.29 is 14.3 Å². The summed E-state index contributed by atoms with van der Waals surface area (Å²) in [6.07, 6.45) is 2.15. The number of halogens is 1. The van der Waals surface area contributed by atoms with Crippen molar-refractivity contribution in [3.8, 4) is 11.5 Å². The number of hydrogen-bond acceptors (Lipinski definition) is 3. The SMILES string of the molecule is COc1cc(OCc2ccccc2)c(Br)cc1C(=O)c1ccc2c(c1)CC2. The molecular weight excluding hydrogens is 404 g/mol. The first kappa shape index (κ1) is 17.8. The summed E-state index contributed by atoms with van der Waals surface area (Å²) in [5.41, 5.74) is 4.89. The number of aryl methyl sites for hydroxylation is 2. The highest BCUT2D eigenvalue weighted by Crippen LogP contribution is 2.35. The summed E-state index contributed by atoms with van der Waals surface area (Å²) < 4.78 is 12.1. The molecule has 1 aliphatic rings. The van der Waals surface area contributed by atoms with Gasteiger partial charge < -0.3 is 9.47 Å². The zero-order chi connectivity index (χ0) is 18.8. The molecule has 0 bridgehead atoms. The minimum absolute atomic E-state index is 0.0446. The van der Waals surface area contributed by atoms with Gasteiger partial charge in [-0.3, -0.25) is 4.79 Å². The van der Waals surface area contributed by atoms with E-state index < -0.39 is 0 Å². The van der Waals surface area contributed by atoms with Crippen molar-refractivity contribution in [1.82, 2.24) is 0 Å². The minimum atomic E-state index is -0.0446. The Labute approximate surface area is 167 Å². The van der Waals surface area contributed by atoms with E-state index in [2.05, 4.69) is 15.9 Å². The molecule has 0 saturated heterocycles. The fraction of sp³-hybridized carbons (Fsp3) is 0.174. The summed E-state index contributed by atoms with van der Waals surface area (Å²) in [4.78, 5) is 13.0. The Hall–Kier alpha value is -2.59. The summed E-state index contributed by atoms with van der Waals surface area (Å²) in [5, 5.41) is 0. The smallest absolute Gasteiger partial charge is 0.196 e. The van der Waals surface area contributed by atoms with Gasteiger partial charge in [0.05, 0.1) is 17.1 Å². The largest absolute Gasteiger partial charge is 0.496 e. The number of ether oxygens (including phenoxy) is 2. The summed E-state index contributed by atoms with van der Waals surface area (Å²) in [7, 11) is 1.57. The molecule has 136 valence electrons. The van der Waals surface area contributed by atoms with Gasteiger partial charge in [0.25, 0.3) is 0 Å². The number of carbonyl (C=O) groups excluding carboxylic acids is 1. The Morgan fingerprint density at radius 1 is 0.963 bits per heavy atom. The minimum Gasteiger partial charge on any atom is -0.496 e. The first-order valence-electron chi connectivity index (χ1n) is 8.86. The van der Waals surface area contributed by atoms with Crippen molar-refractivity contribution in [1.29, 1.82) is 0 Å². The van der Waals surface area contributed by atoms with Crippen molar-refractivity contribution in [2.24, 2.45) is 0 Å². The number of fused-ring (bicyclic) bond motifs is 1. The predicted octanol–water partition coefficient (Wildman–Crippen LogP) is 5.37. The molecule has 0 amide bonds. The molecule has 27 heavy (non-hydrogen) atoms. The monoisotopic (exact) mass is 422 g/mol. The molecule has 4 rings (SSSR count). The van der Waals surface area contributed by atoms with Crippen LogP contribution in [0.25, 0.3) is 0 Å². The fourth-order valence-corrected chi connectivity index (χ4v) is 3.68. The molecule has 3 nitrogen and oxygen atoms in total. The predicted molar refractivity (Wildman–Crippen MR) is 109 cm³/mol. The molecule has 4 heteroatoms. The average Bonchev–Trinajstić information content (AvgIpc) is 2.68. The first-order chi connectivity index (χ1) is 13.2. The summed E-state index contributed by atoms with van der Waals surface area (Å²) in [6, 6.07) is 19.4. The fourth-order valence-electron chi connectivity index (χ4n) is 3.22. The highest BCUT2D eigenvalue weighted by atomic mass is 79.9. The average molecular weight is 423 g/mol. The van der Waals surface area contributed by atoms with Crippen LogP contribution in [0.4, 0.5) is 0 Å². The summed E-state index contributed by atoms with van der Waals surface area (Å²) in [5.74, 6) is 1.11. The van der Waals surface area contributed by atoms with Gasteiger partial charge in [0.2, 0.25) is 0 Å². The molecule has 0 N–H and O–H groups in total. The second-order valence-corrected chi connectivity index (χ2v) is 7.42. The van der Waals surface area contributed by atoms with Crippen molar-refractivity contribution in [3.63, 3.8) is 0 Å². The van der Waals surface area contributed by atoms with Crippen LogP contribution in [0.3, 0.4) is 0 Å². The normalized spacial score (nSPS) is 12.1.